The predicted octanol–water partition coefficient (Wildman–Crippen LogP) is 3.87. The quantitative estimate of drug-likeness (QED) is 0.837. The highest BCUT2D eigenvalue weighted by molar-refractivity contribution is 6.07. The van der Waals surface area contributed by atoms with E-state index in [1.54, 1.807) is 19.1 Å². The Labute approximate surface area is 152 Å². The average Bonchev–Trinajstić information content (AvgIpc) is 2.64. The van der Waals surface area contributed by atoms with Gasteiger partial charge in [0.15, 0.2) is 11.5 Å². The minimum absolute atomic E-state index is 0.00247. The summed E-state index contributed by atoms with van der Waals surface area (Å²) in [5.74, 6) is 4.61. The van der Waals surface area contributed by atoms with Gasteiger partial charge in [-0.05, 0) is 30.3 Å². The van der Waals surface area contributed by atoms with Crippen molar-refractivity contribution in [2.45, 2.75) is 13.3 Å². The molecule has 0 spiro atoms. The Morgan fingerprint density at radius 3 is 2.77 bits per heavy atom. The first kappa shape index (κ1) is 16.1. The second-order valence-corrected chi connectivity index (χ2v) is 6.36. The Balaban J connectivity index is 1.73. The fourth-order valence-electron chi connectivity index (χ4n) is 3.09. The molecule has 0 radical (unpaired) electrons. The Hall–Kier alpha value is -3.39. The zero-order chi connectivity index (χ0) is 18.3. The Bertz CT molecular complexity index is 1010. The summed E-state index contributed by atoms with van der Waals surface area (Å²) in [5.41, 5.74) is 4.18. The minimum atomic E-state index is 0.00247. The molecule has 1 aliphatic carbocycles. The van der Waals surface area contributed by atoms with Gasteiger partial charge in [-0.2, -0.15) is 0 Å². The van der Waals surface area contributed by atoms with Gasteiger partial charge in [0.2, 0.25) is 0 Å². The molecule has 26 heavy (non-hydrogen) atoms. The molecule has 0 saturated heterocycles. The normalized spacial score (nSPS) is 14.0. The number of nitrogens with one attached hydrogen (secondary N) is 1. The van der Waals surface area contributed by atoms with Gasteiger partial charge in [-0.25, -0.2) is 0 Å². The number of carbonyl (C=O) groups is 1. The van der Waals surface area contributed by atoms with Crippen molar-refractivity contribution in [3.05, 3.63) is 53.3 Å². The van der Waals surface area contributed by atoms with E-state index in [4.69, 9.17) is 9.47 Å². The molecule has 4 rings (SSSR count). The fourth-order valence-corrected chi connectivity index (χ4v) is 3.09. The molecular weight excluding hydrogens is 328 g/mol. The topological polar surface area (TPSA) is 50.8 Å². The standard InChI is InChI=1S/C21H18N2O3/c1-4-9-25-14-6-7-15-16(11-14)18(24)12-20-21(15)22-17-8-5-13(23(2)3)10-19(17)26-20/h5-8,10-11,22H,12H2,1-3H3. The van der Waals surface area contributed by atoms with Crippen molar-refractivity contribution in [2.24, 2.45) is 0 Å². The summed E-state index contributed by atoms with van der Waals surface area (Å²) in [7, 11) is 3.96. The van der Waals surface area contributed by atoms with E-state index in [-0.39, 0.29) is 12.2 Å². The van der Waals surface area contributed by atoms with E-state index < -0.39 is 0 Å². The molecule has 0 aromatic heterocycles. The lowest BCUT2D eigenvalue weighted by Crippen LogP contribution is -2.22. The van der Waals surface area contributed by atoms with Gasteiger partial charge in [0.1, 0.15) is 17.6 Å². The first-order chi connectivity index (χ1) is 12.6. The van der Waals surface area contributed by atoms with Crippen molar-refractivity contribution in [1.29, 1.82) is 0 Å². The molecule has 1 aliphatic heterocycles. The van der Waals surface area contributed by atoms with Crippen LogP contribution in [0.1, 0.15) is 29.3 Å². The van der Waals surface area contributed by atoms with Crippen LogP contribution in [-0.2, 0) is 0 Å². The average molecular weight is 346 g/mol. The van der Waals surface area contributed by atoms with Gasteiger partial charge < -0.3 is 19.7 Å². The Morgan fingerprint density at radius 2 is 2.00 bits per heavy atom. The molecule has 0 fully saturated rings. The molecule has 0 amide bonds. The minimum Gasteiger partial charge on any atom is -0.457 e. The van der Waals surface area contributed by atoms with Crippen LogP contribution in [0.15, 0.2) is 42.2 Å². The monoisotopic (exact) mass is 346 g/mol. The first-order valence-corrected chi connectivity index (χ1v) is 8.32. The van der Waals surface area contributed by atoms with Crippen molar-refractivity contribution in [3.63, 3.8) is 0 Å². The highest BCUT2D eigenvalue weighted by Crippen LogP contribution is 2.42. The maximum Gasteiger partial charge on any atom is 0.171 e. The van der Waals surface area contributed by atoms with Crippen LogP contribution in [-0.4, -0.2) is 19.9 Å². The van der Waals surface area contributed by atoms with Crippen molar-refractivity contribution in [3.8, 4) is 23.5 Å². The zero-order valence-electron chi connectivity index (χ0n) is 14.8. The van der Waals surface area contributed by atoms with Gasteiger partial charge in [0.25, 0.3) is 0 Å². The van der Waals surface area contributed by atoms with Crippen molar-refractivity contribution in [1.82, 2.24) is 0 Å². The van der Waals surface area contributed by atoms with E-state index in [9.17, 15) is 4.79 Å². The number of anilines is 2. The van der Waals surface area contributed by atoms with Crippen LogP contribution in [0.5, 0.6) is 11.5 Å². The molecule has 0 unspecified atom stereocenters. The molecule has 2 aliphatic rings. The summed E-state index contributed by atoms with van der Waals surface area (Å²) in [6, 6.07) is 11.4. The van der Waals surface area contributed by atoms with Gasteiger partial charge in [-0.1, -0.05) is 5.92 Å². The van der Waals surface area contributed by atoms with Crippen LogP contribution in [0.4, 0.5) is 11.4 Å². The number of fused-ring (bicyclic) bond motifs is 3. The van der Waals surface area contributed by atoms with Crippen LogP contribution >= 0.6 is 0 Å². The van der Waals surface area contributed by atoms with Crippen molar-refractivity contribution < 1.29 is 14.3 Å². The lowest BCUT2D eigenvalue weighted by molar-refractivity contribution is 0.0979. The van der Waals surface area contributed by atoms with E-state index in [1.165, 1.54) is 0 Å². The number of carbonyl (C=O) groups excluding carboxylic acids is 1. The molecule has 5 heteroatoms. The number of hydrogen-bond acceptors (Lipinski definition) is 5. The number of benzene rings is 2. The Morgan fingerprint density at radius 1 is 1.15 bits per heavy atom. The summed E-state index contributed by atoms with van der Waals surface area (Å²) in [5, 5.41) is 3.42. The van der Waals surface area contributed by atoms with E-state index in [0.717, 1.165) is 28.4 Å². The lowest BCUT2D eigenvalue weighted by Gasteiger charge is -2.29. The number of allylic oxidation sites excluding steroid dienone is 1. The second-order valence-electron chi connectivity index (χ2n) is 6.36. The van der Waals surface area contributed by atoms with Crippen molar-refractivity contribution in [2.75, 3.05) is 24.3 Å². The van der Waals surface area contributed by atoms with Crippen LogP contribution < -0.4 is 19.7 Å². The van der Waals surface area contributed by atoms with Gasteiger partial charge in [-0.15, -0.1) is 0 Å². The first-order valence-electron chi connectivity index (χ1n) is 8.32. The van der Waals surface area contributed by atoms with Crippen LogP contribution in [0.3, 0.4) is 0 Å². The third-order valence-corrected chi connectivity index (χ3v) is 4.41. The maximum atomic E-state index is 12.6. The van der Waals surface area contributed by atoms with Crippen LogP contribution in [0.2, 0.25) is 0 Å². The lowest BCUT2D eigenvalue weighted by atomic mass is 9.91. The highest BCUT2D eigenvalue weighted by Gasteiger charge is 2.31. The SMILES string of the molecule is CC#COc1ccc2c(c1)C(=O)CC1=C2Nc2ccc(N(C)C)cc2O1. The molecule has 2 aromatic rings. The Kier molecular flexibility index (Phi) is 3.81. The second kappa shape index (κ2) is 6.16. The third-order valence-electron chi connectivity index (χ3n) is 4.41. The number of hydrogen-bond donors (Lipinski definition) is 1. The van der Waals surface area contributed by atoms with E-state index in [0.29, 0.717) is 17.1 Å². The van der Waals surface area contributed by atoms with Gasteiger partial charge in [0.05, 0.1) is 17.8 Å². The summed E-state index contributed by atoms with van der Waals surface area (Å²) >= 11 is 0. The molecule has 0 bridgehead atoms. The molecular formula is C21H18N2O3. The highest BCUT2D eigenvalue weighted by atomic mass is 16.5. The summed E-state index contributed by atoms with van der Waals surface area (Å²) in [6.45, 7) is 1.70. The molecule has 130 valence electrons. The number of nitrogens with zero attached hydrogens (tertiary/aromatic N) is 1. The van der Waals surface area contributed by atoms with E-state index >= 15 is 0 Å². The molecule has 1 heterocycles. The number of ether oxygens (including phenoxy) is 2. The summed E-state index contributed by atoms with van der Waals surface area (Å²) in [4.78, 5) is 14.6. The number of rotatable bonds is 2. The maximum absolute atomic E-state index is 12.6. The van der Waals surface area contributed by atoms with Crippen LogP contribution in [0, 0.1) is 12.0 Å². The van der Waals surface area contributed by atoms with E-state index in [1.807, 2.05) is 43.3 Å². The molecule has 2 aromatic carbocycles. The third kappa shape index (κ3) is 2.66. The van der Waals surface area contributed by atoms with Gasteiger partial charge in [0, 0.05) is 43.9 Å². The molecule has 5 nitrogen and oxygen atoms in total. The van der Waals surface area contributed by atoms with Crippen molar-refractivity contribution >= 4 is 22.9 Å². The molecule has 0 atom stereocenters. The van der Waals surface area contributed by atoms with Gasteiger partial charge >= 0.3 is 0 Å². The molecule has 0 saturated carbocycles. The largest absolute Gasteiger partial charge is 0.457 e. The number of Topliss-reactive ketones (excluding diaryl/α,β-unsaturated/α-hetero) is 1. The fraction of sp³-hybridized carbons (Fsp3) is 0.190. The zero-order valence-corrected chi connectivity index (χ0v) is 14.8. The van der Waals surface area contributed by atoms with E-state index in [2.05, 4.69) is 17.3 Å². The summed E-state index contributed by atoms with van der Waals surface area (Å²) in [6.07, 6.45) is 2.76. The summed E-state index contributed by atoms with van der Waals surface area (Å²) < 4.78 is 11.4. The number of ketones is 1. The van der Waals surface area contributed by atoms with Gasteiger partial charge in [-0.3, -0.25) is 4.79 Å². The molecule has 1 N–H and O–H groups in total. The van der Waals surface area contributed by atoms with Crippen LogP contribution in [0.25, 0.3) is 5.70 Å². The smallest absolute Gasteiger partial charge is 0.171 e. The predicted molar refractivity (Wildman–Crippen MR) is 101 cm³/mol.